The van der Waals surface area contributed by atoms with Crippen LogP contribution in [0.5, 0.6) is 0 Å². The average molecular weight is 306 g/mol. The van der Waals surface area contributed by atoms with Crippen LogP contribution < -0.4 is 0 Å². The molecule has 1 saturated heterocycles. The quantitative estimate of drug-likeness (QED) is 0.807. The largest absolute Gasteiger partial charge is 0.345 e. The van der Waals surface area contributed by atoms with Crippen LogP contribution in [0.3, 0.4) is 0 Å². The van der Waals surface area contributed by atoms with Crippen LogP contribution in [0.25, 0.3) is 0 Å². The molecule has 114 valence electrons. The van der Waals surface area contributed by atoms with E-state index in [0.29, 0.717) is 17.2 Å². The zero-order valence-corrected chi connectivity index (χ0v) is 13.8. The van der Waals surface area contributed by atoms with Gasteiger partial charge in [0.25, 0.3) is 5.91 Å². The molecule has 1 aromatic rings. The molecule has 0 radical (unpaired) electrons. The summed E-state index contributed by atoms with van der Waals surface area (Å²) in [4.78, 5) is 26.9. The van der Waals surface area contributed by atoms with Gasteiger partial charge in [0.05, 0.1) is 11.1 Å². The summed E-state index contributed by atoms with van der Waals surface area (Å²) < 4.78 is 2.21. The summed E-state index contributed by atoms with van der Waals surface area (Å²) in [5.74, 6) is 2.02. The molecule has 1 saturated carbocycles. The van der Waals surface area contributed by atoms with Gasteiger partial charge in [0.15, 0.2) is 5.78 Å². The first-order valence-electron chi connectivity index (χ1n) is 7.61. The lowest BCUT2D eigenvalue weighted by Crippen LogP contribution is -2.38. The Morgan fingerprint density at radius 1 is 1.05 bits per heavy atom. The van der Waals surface area contributed by atoms with E-state index in [1.807, 2.05) is 30.5 Å². The molecule has 0 atom stereocenters. The topological polar surface area (TPSA) is 42.3 Å². The number of hydrogen-bond acceptors (Lipinski definition) is 3. The second kappa shape index (κ2) is 5.52. The van der Waals surface area contributed by atoms with Gasteiger partial charge in [-0.15, -0.1) is 0 Å². The SMILES string of the molecule is CC(=O)c1c(C(=O)N2CCSCC2)c(C)n(C2CC2)c1C. The number of aromatic nitrogens is 1. The zero-order chi connectivity index (χ0) is 15.1. The van der Waals surface area contributed by atoms with E-state index in [1.165, 1.54) is 0 Å². The molecular weight excluding hydrogens is 284 g/mol. The third kappa shape index (κ3) is 2.52. The summed E-state index contributed by atoms with van der Waals surface area (Å²) >= 11 is 1.88. The number of hydrogen-bond donors (Lipinski definition) is 0. The van der Waals surface area contributed by atoms with E-state index in [0.717, 1.165) is 48.8 Å². The highest BCUT2D eigenvalue weighted by molar-refractivity contribution is 7.99. The van der Waals surface area contributed by atoms with Crippen molar-refractivity contribution in [2.75, 3.05) is 24.6 Å². The number of Topliss-reactive ketones (excluding diaryl/α,β-unsaturated/α-hetero) is 1. The van der Waals surface area contributed by atoms with Crippen molar-refractivity contribution in [3.63, 3.8) is 0 Å². The standard InChI is InChI=1S/C16H22N2O2S/c1-10-14(12(3)19)15(11(2)18(10)13-4-5-13)16(20)17-6-8-21-9-7-17/h13H,4-9H2,1-3H3. The Kier molecular flexibility index (Phi) is 3.86. The van der Waals surface area contributed by atoms with Gasteiger partial charge in [0.1, 0.15) is 0 Å². The van der Waals surface area contributed by atoms with Gasteiger partial charge in [-0.3, -0.25) is 9.59 Å². The average Bonchev–Trinajstić information content (AvgIpc) is 3.25. The monoisotopic (exact) mass is 306 g/mol. The summed E-state index contributed by atoms with van der Waals surface area (Å²) in [7, 11) is 0. The summed E-state index contributed by atoms with van der Waals surface area (Å²) in [6.07, 6.45) is 2.31. The molecule has 4 nitrogen and oxygen atoms in total. The zero-order valence-electron chi connectivity index (χ0n) is 12.9. The van der Waals surface area contributed by atoms with E-state index in [1.54, 1.807) is 6.92 Å². The molecule has 0 N–H and O–H groups in total. The van der Waals surface area contributed by atoms with Crippen LogP contribution in [-0.4, -0.2) is 45.8 Å². The maximum Gasteiger partial charge on any atom is 0.256 e. The van der Waals surface area contributed by atoms with E-state index in [4.69, 9.17) is 0 Å². The van der Waals surface area contributed by atoms with Crippen molar-refractivity contribution in [2.24, 2.45) is 0 Å². The smallest absolute Gasteiger partial charge is 0.256 e. The van der Waals surface area contributed by atoms with Crippen LogP contribution in [-0.2, 0) is 0 Å². The third-order valence-electron chi connectivity index (χ3n) is 4.47. The highest BCUT2D eigenvalue weighted by atomic mass is 32.2. The molecule has 1 aliphatic carbocycles. The van der Waals surface area contributed by atoms with Gasteiger partial charge in [-0.25, -0.2) is 0 Å². The Bertz CT molecular complexity index is 596. The minimum Gasteiger partial charge on any atom is -0.345 e. The molecule has 5 heteroatoms. The molecule has 2 fully saturated rings. The first kappa shape index (κ1) is 14.7. The lowest BCUT2D eigenvalue weighted by Gasteiger charge is -2.26. The Labute approximate surface area is 129 Å². The summed E-state index contributed by atoms with van der Waals surface area (Å²) in [6, 6.07) is 0.488. The minimum atomic E-state index is 0.00438. The first-order valence-corrected chi connectivity index (χ1v) is 8.77. The number of ketones is 1. The van der Waals surface area contributed by atoms with E-state index in [9.17, 15) is 9.59 Å². The van der Waals surface area contributed by atoms with Gasteiger partial charge in [-0.05, 0) is 33.6 Å². The Balaban J connectivity index is 2.05. The number of amides is 1. The number of nitrogens with zero attached hydrogens (tertiary/aromatic N) is 2. The van der Waals surface area contributed by atoms with Crippen molar-refractivity contribution in [1.29, 1.82) is 0 Å². The van der Waals surface area contributed by atoms with E-state index in [-0.39, 0.29) is 11.7 Å². The molecule has 3 rings (SSSR count). The third-order valence-corrected chi connectivity index (χ3v) is 5.42. The molecule has 0 unspecified atom stereocenters. The number of rotatable bonds is 3. The Morgan fingerprint density at radius 3 is 2.14 bits per heavy atom. The predicted molar refractivity (Wildman–Crippen MR) is 85.4 cm³/mol. The van der Waals surface area contributed by atoms with Gasteiger partial charge in [-0.2, -0.15) is 11.8 Å². The maximum absolute atomic E-state index is 12.9. The van der Waals surface area contributed by atoms with Crippen molar-refractivity contribution < 1.29 is 9.59 Å². The van der Waals surface area contributed by atoms with Crippen LogP contribution in [0, 0.1) is 13.8 Å². The van der Waals surface area contributed by atoms with Crippen LogP contribution >= 0.6 is 11.8 Å². The fourth-order valence-electron chi connectivity index (χ4n) is 3.35. The molecule has 0 aromatic carbocycles. The van der Waals surface area contributed by atoms with Crippen LogP contribution in [0.15, 0.2) is 0 Å². The Hall–Kier alpha value is -1.23. The predicted octanol–water partition coefficient (Wildman–Crippen LogP) is 2.83. The van der Waals surface area contributed by atoms with E-state index >= 15 is 0 Å². The molecule has 0 spiro atoms. The second-order valence-electron chi connectivity index (χ2n) is 5.98. The highest BCUT2D eigenvalue weighted by Gasteiger charge is 2.34. The van der Waals surface area contributed by atoms with Gasteiger partial charge in [-0.1, -0.05) is 0 Å². The van der Waals surface area contributed by atoms with E-state index < -0.39 is 0 Å². The minimum absolute atomic E-state index is 0.00438. The summed E-state index contributed by atoms with van der Waals surface area (Å²) in [6.45, 7) is 7.11. The highest BCUT2D eigenvalue weighted by Crippen LogP contribution is 2.40. The summed E-state index contributed by atoms with van der Waals surface area (Å²) in [5, 5.41) is 0. The number of carbonyl (C=O) groups excluding carboxylic acids is 2. The van der Waals surface area contributed by atoms with Crippen molar-refractivity contribution in [2.45, 2.75) is 39.7 Å². The molecule has 2 heterocycles. The van der Waals surface area contributed by atoms with Crippen LogP contribution in [0.4, 0.5) is 0 Å². The first-order chi connectivity index (χ1) is 10.0. The normalized spacial score (nSPS) is 18.9. The van der Waals surface area contributed by atoms with Gasteiger partial charge < -0.3 is 9.47 Å². The van der Waals surface area contributed by atoms with Crippen LogP contribution in [0.2, 0.25) is 0 Å². The van der Waals surface area contributed by atoms with Gasteiger partial charge >= 0.3 is 0 Å². The van der Waals surface area contributed by atoms with Crippen molar-refractivity contribution >= 4 is 23.5 Å². The fourth-order valence-corrected chi connectivity index (χ4v) is 4.25. The van der Waals surface area contributed by atoms with Gasteiger partial charge in [0, 0.05) is 42.0 Å². The number of carbonyl (C=O) groups is 2. The molecule has 1 aliphatic heterocycles. The lowest BCUT2D eigenvalue weighted by atomic mass is 10.0. The molecule has 1 aromatic heterocycles. The molecule has 0 bridgehead atoms. The maximum atomic E-state index is 12.9. The van der Waals surface area contributed by atoms with Crippen molar-refractivity contribution in [3.05, 3.63) is 22.5 Å². The molecule has 2 aliphatic rings. The number of thioether (sulfide) groups is 1. The summed E-state index contributed by atoms with van der Waals surface area (Å²) in [5.41, 5.74) is 3.24. The fraction of sp³-hybridized carbons (Fsp3) is 0.625. The van der Waals surface area contributed by atoms with Crippen LogP contribution in [0.1, 0.15) is 57.9 Å². The van der Waals surface area contributed by atoms with Crippen molar-refractivity contribution in [3.8, 4) is 0 Å². The van der Waals surface area contributed by atoms with Gasteiger partial charge in [0.2, 0.25) is 0 Å². The molecule has 21 heavy (non-hydrogen) atoms. The molecule has 1 amide bonds. The van der Waals surface area contributed by atoms with Crippen molar-refractivity contribution in [1.82, 2.24) is 9.47 Å². The van der Waals surface area contributed by atoms with E-state index in [2.05, 4.69) is 4.57 Å². The molecular formula is C16H22N2O2S. The Morgan fingerprint density at radius 2 is 1.62 bits per heavy atom. The second-order valence-corrected chi connectivity index (χ2v) is 7.21. The lowest BCUT2D eigenvalue weighted by molar-refractivity contribution is 0.0766.